The SMILES string of the molecule is COc1cc(C(=O)O)ccc1NC(=O)C[C@@]1(C)C[C@H](c2cccc(Cl)c2)[C@@H](c2ccc(Cl)cc2)N([C@H](CS(=O)(=NC(N)=O)C(C)C)C(C)C)C1=O. The average Bonchev–Trinajstić information content (AvgIpc) is 3.05. The third-order valence-corrected chi connectivity index (χ3v) is 12.6. The van der Waals surface area contributed by atoms with Gasteiger partial charge in [-0.15, -0.1) is 4.36 Å². The third-order valence-electron chi connectivity index (χ3n) is 9.38. The van der Waals surface area contributed by atoms with E-state index in [9.17, 15) is 23.7 Å². The number of nitrogens with one attached hydrogen (secondary N) is 1. The number of piperidine rings is 1. The molecule has 0 aromatic heterocycles. The van der Waals surface area contributed by atoms with Crippen molar-refractivity contribution < 1.29 is 33.2 Å². The maximum absolute atomic E-state index is 15.2. The maximum atomic E-state index is 15.2. The standard InChI is InChI=1S/C37H44Cl2N4O7S/c1-21(2)30(20-51(49,22(3)4)42-36(40)48)43-33(23-10-13-26(38)14-11-23)28(24-8-7-9-27(39)16-24)18-37(5,35(43)47)19-32(44)41-29-15-12-25(34(45)46)17-31(29)50-6/h7-17,21-22,28,30,33H,18-20H2,1-6H3,(H2,40,48)(H,41,44)(H,45,46)/t28-,30-,33-,37-,51?/m1/s1. The molecular formula is C37H44Cl2N4O7S. The van der Waals surface area contributed by atoms with Crippen molar-refractivity contribution in [3.63, 3.8) is 0 Å². The second kappa shape index (κ2) is 16.0. The fraction of sp³-hybridized carbons (Fsp3) is 0.405. The van der Waals surface area contributed by atoms with Gasteiger partial charge in [0.2, 0.25) is 11.8 Å². The molecule has 11 nitrogen and oxygen atoms in total. The highest BCUT2D eigenvalue weighted by atomic mass is 35.5. The number of aromatic carboxylic acids is 1. The van der Waals surface area contributed by atoms with Crippen molar-refractivity contribution in [2.24, 2.45) is 21.4 Å². The van der Waals surface area contributed by atoms with Crippen LogP contribution in [0.3, 0.4) is 0 Å². The number of primary amides is 1. The van der Waals surface area contributed by atoms with Crippen LogP contribution in [-0.4, -0.2) is 62.2 Å². The van der Waals surface area contributed by atoms with Gasteiger partial charge < -0.3 is 25.8 Å². The number of likely N-dealkylation sites (tertiary alicyclic amines) is 1. The minimum Gasteiger partial charge on any atom is -0.495 e. The van der Waals surface area contributed by atoms with E-state index in [1.54, 1.807) is 43.9 Å². The molecule has 1 saturated heterocycles. The predicted molar refractivity (Wildman–Crippen MR) is 200 cm³/mol. The molecule has 4 N–H and O–H groups in total. The number of rotatable bonds is 12. The Balaban J connectivity index is 1.90. The topological polar surface area (TPSA) is 168 Å². The number of methoxy groups -OCH3 is 1. The number of amides is 4. The molecule has 1 heterocycles. The number of carboxylic acids is 1. The highest BCUT2D eigenvalue weighted by molar-refractivity contribution is 7.94. The van der Waals surface area contributed by atoms with E-state index >= 15 is 4.79 Å². The summed E-state index contributed by atoms with van der Waals surface area (Å²) >= 11 is 12.8. The first-order valence-electron chi connectivity index (χ1n) is 16.5. The molecule has 1 aliphatic rings. The van der Waals surface area contributed by atoms with Gasteiger partial charge in [-0.25, -0.2) is 13.8 Å². The number of carboxylic acid groups (broad SMARTS) is 1. The molecule has 51 heavy (non-hydrogen) atoms. The summed E-state index contributed by atoms with van der Waals surface area (Å²) in [6.45, 7) is 8.93. The van der Waals surface area contributed by atoms with Gasteiger partial charge in [0.05, 0.1) is 45.3 Å². The van der Waals surface area contributed by atoms with Crippen LogP contribution in [0.4, 0.5) is 10.5 Å². The van der Waals surface area contributed by atoms with Crippen LogP contribution in [0.5, 0.6) is 5.75 Å². The van der Waals surface area contributed by atoms with Crippen LogP contribution >= 0.6 is 23.2 Å². The van der Waals surface area contributed by atoms with Crippen LogP contribution in [0, 0.1) is 11.3 Å². The fourth-order valence-electron chi connectivity index (χ4n) is 6.71. The van der Waals surface area contributed by atoms with Gasteiger partial charge in [-0.2, -0.15) is 0 Å². The lowest BCUT2D eigenvalue weighted by Crippen LogP contribution is -2.59. The van der Waals surface area contributed by atoms with E-state index in [2.05, 4.69) is 9.68 Å². The summed E-state index contributed by atoms with van der Waals surface area (Å²) in [7, 11) is -1.90. The summed E-state index contributed by atoms with van der Waals surface area (Å²) in [4.78, 5) is 54.3. The summed E-state index contributed by atoms with van der Waals surface area (Å²) in [6.07, 6.45) is -0.0267. The molecule has 1 fully saturated rings. The highest BCUT2D eigenvalue weighted by Gasteiger charge is 2.53. The van der Waals surface area contributed by atoms with Gasteiger partial charge >= 0.3 is 12.0 Å². The maximum Gasteiger partial charge on any atom is 0.346 e. The van der Waals surface area contributed by atoms with E-state index in [1.807, 2.05) is 44.2 Å². The second-order valence-electron chi connectivity index (χ2n) is 13.7. The van der Waals surface area contributed by atoms with Crippen molar-refractivity contribution in [1.29, 1.82) is 0 Å². The van der Waals surface area contributed by atoms with Crippen molar-refractivity contribution in [3.05, 3.63) is 93.5 Å². The number of carbonyl (C=O) groups is 4. The number of halogens is 2. The van der Waals surface area contributed by atoms with Crippen LogP contribution in [-0.2, 0) is 19.3 Å². The number of benzene rings is 3. The van der Waals surface area contributed by atoms with Crippen LogP contribution in [0.15, 0.2) is 71.1 Å². The quantitative estimate of drug-likeness (QED) is 0.170. The van der Waals surface area contributed by atoms with Crippen molar-refractivity contribution in [1.82, 2.24) is 4.90 Å². The van der Waals surface area contributed by atoms with E-state index in [4.69, 9.17) is 33.7 Å². The first kappa shape index (κ1) is 39.7. The molecule has 3 aromatic rings. The van der Waals surface area contributed by atoms with Crippen molar-refractivity contribution >= 4 is 62.4 Å². The van der Waals surface area contributed by atoms with Gasteiger partial charge in [0.1, 0.15) is 5.75 Å². The summed E-state index contributed by atoms with van der Waals surface area (Å²) in [5, 5.41) is 12.6. The Bertz CT molecular complexity index is 1930. The van der Waals surface area contributed by atoms with Crippen LogP contribution < -0.4 is 15.8 Å². The predicted octanol–water partition coefficient (Wildman–Crippen LogP) is 7.77. The molecule has 0 spiro atoms. The molecule has 0 radical (unpaired) electrons. The smallest absolute Gasteiger partial charge is 0.346 e. The van der Waals surface area contributed by atoms with Crippen LogP contribution in [0.2, 0.25) is 10.0 Å². The molecule has 1 unspecified atom stereocenters. The third kappa shape index (κ3) is 9.03. The zero-order chi connectivity index (χ0) is 37.8. The molecule has 5 atom stereocenters. The first-order chi connectivity index (χ1) is 23.9. The largest absolute Gasteiger partial charge is 0.495 e. The van der Waals surface area contributed by atoms with Crippen LogP contribution in [0.1, 0.15) is 80.9 Å². The lowest BCUT2D eigenvalue weighted by Gasteiger charge is -2.53. The van der Waals surface area contributed by atoms with Gasteiger partial charge in [-0.1, -0.05) is 82.1 Å². The minimum atomic E-state index is -3.26. The summed E-state index contributed by atoms with van der Waals surface area (Å²) < 4.78 is 23.6. The molecule has 1 aliphatic heterocycles. The molecule has 0 saturated carbocycles. The first-order valence-corrected chi connectivity index (χ1v) is 19.0. The average molecular weight is 760 g/mol. The van der Waals surface area contributed by atoms with Crippen LogP contribution in [0.25, 0.3) is 0 Å². The summed E-state index contributed by atoms with van der Waals surface area (Å²) in [5.74, 6) is -2.69. The van der Waals surface area contributed by atoms with Crippen molar-refractivity contribution in [2.75, 3.05) is 18.2 Å². The zero-order valence-electron chi connectivity index (χ0n) is 29.4. The lowest BCUT2D eigenvalue weighted by atomic mass is 9.66. The molecule has 274 valence electrons. The van der Waals surface area contributed by atoms with Gasteiger partial charge in [-0.05, 0) is 65.9 Å². The number of urea groups is 1. The number of nitrogens with two attached hydrogens (primary N) is 1. The number of hydrogen-bond acceptors (Lipinski definition) is 6. The van der Waals surface area contributed by atoms with Gasteiger partial charge in [0.25, 0.3) is 0 Å². The Morgan fingerprint density at radius 1 is 1.04 bits per heavy atom. The van der Waals surface area contributed by atoms with E-state index in [-0.39, 0.29) is 47.4 Å². The Hall–Kier alpha value is -4.13. The van der Waals surface area contributed by atoms with Gasteiger partial charge in [-0.3, -0.25) is 9.59 Å². The number of hydrogen-bond donors (Lipinski definition) is 3. The monoisotopic (exact) mass is 758 g/mol. The highest BCUT2D eigenvalue weighted by Crippen LogP contribution is 2.53. The molecule has 14 heteroatoms. The Morgan fingerprint density at radius 3 is 2.25 bits per heavy atom. The minimum absolute atomic E-state index is 0.0201. The summed E-state index contributed by atoms with van der Waals surface area (Å²) in [5.41, 5.74) is 5.96. The van der Waals surface area contributed by atoms with E-state index < -0.39 is 56.3 Å². The molecule has 4 amide bonds. The van der Waals surface area contributed by atoms with Gasteiger partial charge in [0.15, 0.2) is 0 Å². The van der Waals surface area contributed by atoms with Crippen molar-refractivity contribution in [3.8, 4) is 5.75 Å². The normalized spacial score (nSPS) is 20.8. The Morgan fingerprint density at radius 2 is 1.71 bits per heavy atom. The van der Waals surface area contributed by atoms with Gasteiger partial charge in [0, 0.05) is 33.7 Å². The van der Waals surface area contributed by atoms with E-state index in [1.165, 1.54) is 25.3 Å². The molecule has 3 aromatic carbocycles. The fourth-order valence-corrected chi connectivity index (χ4v) is 9.05. The molecule has 0 aliphatic carbocycles. The Kier molecular flexibility index (Phi) is 12.5. The zero-order valence-corrected chi connectivity index (χ0v) is 31.7. The number of nitrogens with zero attached hydrogens (tertiary/aromatic N) is 2. The summed E-state index contributed by atoms with van der Waals surface area (Å²) in [6, 6.07) is 16.2. The molecule has 0 bridgehead atoms. The van der Waals surface area contributed by atoms with E-state index in [0.717, 1.165) is 11.1 Å². The number of ether oxygens (including phenoxy) is 1. The number of anilines is 1. The molecule has 4 rings (SSSR count). The molecular weight excluding hydrogens is 715 g/mol. The van der Waals surface area contributed by atoms with Crippen molar-refractivity contribution in [2.45, 2.75) is 70.7 Å². The Labute approximate surface area is 309 Å². The van der Waals surface area contributed by atoms with E-state index in [0.29, 0.717) is 10.0 Å². The second-order valence-corrected chi connectivity index (χ2v) is 17.4. The lowest BCUT2D eigenvalue weighted by molar-refractivity contribution is -0.157. The number of carbonyl (C=O) groups excluding carboxylic acids is 3.